The molecule has 5 nitrogen and oxygen atoms in total. The summed E-state index contributed by atoms with van der Waals surface area (Å²) in [5.74, 6) is -0.427. The lowest BCUT2D eigenvalue weighted by Crippen LogP contribution is -2.36. The molecular weight excluding hydrogens is 184 g/mol. The highest BCUT2D eigenvalue weighted by Gasteiger charge is 2.03. The monoisotopic (exact) mass is 204 g/mol. The first-order valence-electron chi connectivity index (χ1n) is 4.91. The van der Waals surface area contributed by atoms with Gasteiger partial charge in [-0.2, -0.15) is 0 Å². The molecule has 0 saturated heterocycles. The molecule has 0 aromatic carbocycles. The van der Waals surface area contributed by atoms with Crippen LogP contribution in [-0.2, 0) is 9.53 Å². The third-order valence-corrected chi connectivity index (χ3v) is 1.63. The quantitative estimate of drug-likeness (QED) is 0.431. The predicted octanol–water partition coefficient (Wildman–Crippen LogP) is -0.761. The van der Waals surface area contributed by atoms with Gasteiger partial charge in [-0.25, -0.2) is 0 Å². The zero-order valence-electron chi connectivity index (χ0n) is 8.66. The lowest BCUT2D eigenvalue weighted by Gasteiger charge is -2.11. The maximum Gasteiger partial charge on any atom is 0.231 e. The second kappa shape index (κ2) is 8.93. The number of primary amides is 1. The zero-order valence-corrected chi connectivity index (χ0v) is 8.66. The van der Waals surface area contributed by atoms with Gasteiger partial charge in [0.15, 0.2) is 0 Å². The Labute approximate surface area is 84.6 Å². The second-order valence-electron chi connectivity index (χ2n) is 3.18. The smallest absolute Gasteiger partial charge is 0.231 e. The van der Waals surface area contributed by atoms with Gasteiger partial charge in [0.05, 0.1) is 19.3 Å². The van der Waals surface area contributed by atoms with E-state index in [0.717, 1.165) is 12.8 Å². The number of hydrogen-bond acceptors (Lipinski definition) is 4. The molecule has 0 saturated carbocycles. The van der Waals surface area contributed by atoms with Crippen molar-refractivity contribution in [3.63, 3.8) is 0 Å². The number of nitrogens with one attached hydrogen (secondary N) is 1. The van der Waals surface area contributed by atoms with Crippen LogP contribution in [0.25, 0.3) is 0 Å². The fourth-order valence-corrected chi connectivity index (χ4v) is 0.887. The Hall–Kier alpha value is -0.650. The second-order valence-corrected chi connectivity index (χ2v) is 3.18. The van der Waals surface area contributed by atoms with E-state index >= 15 is 0 Å². The van der Waals surface area contributed by atoms with Crippen LogP contribution >= 0.6 is 0 Å². The summed E-state index contributed by atoms with van der Waals surface area (Å²) >= 11 is 0. The molecule has 1 amide bonds. The number of carbonyl (C=O) groups is 1. The largest absolute Gasteiger partial charge is 0.389 e. The van der Waals surface area contributed by atoms with Gasteiger partial charge in [0.1, 0.15) is 0 Å². The topological polar surface area (TPSA) is 84.6 Å². The molecule has 0 rings (SSSR count). The molecule has 0 fully saturated rings. The Bertz CT molecular complexity index is 153. The molecule has 1 atom stereocenters. The molecule has 0 aliphatic carbocycles. The van der Waals surface area contributed by atoms with Gasteiger partial charge in [-0.05, 0) is 6.42 Å². The van der Waals surface area contributed by atoms with Gasteiger partial charge in [0.2, 0.25) is 5.91 Å². The van der Waals surface area contributed by atoms with Crippen molar-refractivity contribution in [2.24, 2.45) is 5.73 Å². The van der Waals surface area contributed by atoms with Crippen LogP contribution in [0.4, 0.5) is 0 Å². The van der Waals surface area contributed by atoms with Crippen LogP contribution in [0.3, 0.4) is 0 Å². The first-order chi connectivity index (χ1) is 6.66. The van der Waals surface area contributed by atoms with E-state index in [-0.39, 0.29) is 6.54 Å². The van der Waals surface area contributed by atoms with Crippen LogP contribution < -0.4 is 11.1 Å². The van der Waals surface area contributed by atoms with Crippen molar-refractivity contribution in [1.29, 1.82) is 0 Å². The van der Waals surface area contributed by atoms with E-state index in [9.17, 15) is 9.90 Å². The Kier molecular flexibility index (Phi) is 8.51. The highest BCUT2D eigenvalue weighted by atomic mass is 16.5. The zero-order chi connectivity index (χ0) is 10.8. The number of ether oxygens (including phenoxy) is 1. The number of nitrogens with two attached hydrogens (primary N) is 1. The predicted molar refractivity (Wildman–Crippen MR) is 53.8 cm³/mol. The number of rotatable bonds is 9. The summed E-state index contributed by atoms with van der Waals surface area (Å²) in [5.41, 5.74) is 4.90. The maximum absolute atomic E-state index is 10.3. The SMILES string of the molecule is CCCCOCC(O)CNCC(N)=O. The van der Waals surface area contributed by atoms with E-state index in [4.69, 9.17) is 10.5 Å². The van der Waals surface area contributed by atoms with Crippen molar-refractivity contribution in [2.45, 2.75) is 25.9 Å². The van der Waals surface area contributed by atoms with Crippen LogP contribution in [0.2, 0.25) is 0 Å². The van der Waals surface area contributed by atoms with Crippen LogP contribution in [0, 0.1) is 0 Å². The molecule has 14 heavy (non-hydrogen) atoms. The van der Waals surface area contributed by atoms with Crippen molar-refractivity contribution in [2.75, 3.05) is 26.3 Å². The average Bonchev–Trinajstić information content (AvgIpc) is 2.12. The van der Waals surface area contributed by atoms with Crippen LogP contribution in [0.5, 0.6) is 0 Å². The van der Waals surface area contributed by atoms with Crippen LogP contribution in [-0.4, -0.2) is 43.4 Å². The third kappa shape index (κ3) is 9.44. The van der Waals surface area contributed by atoms with Gasteiger partial charge in [0.25, 0.3) is 0 Å². The fourth-order valence-electron chi connectivity index (χ4n) is 0.887. The van der Waals surface area contributed by atoms with Crippen molar-refractivity contribution in [3.8, 4) is 0 Å². The minimum absolute atomic E-state index is 0.0893. The molecule has 5 heteroatoms. The van der Waals surface area contributed by atoms with Crippen molar-refractivity contribution >= 4 is 5.91 Å². The number of aliphatic hydroxyl groups is 1. The van der Waals surface area contributed by atoms with E-state index < -0.39 is 12.0 Å². The normalized spacial score (nSPS) is 12.7. The maximum atomic E-state index is 10.3. The lowest BCUT2D eigenvalue weighted by atomic mass is 10.3. The summed E-state index contributed by atoms with van der Waals surface area (Å²) in [6.45, 7) is 3.46. The molecule has 0 aromatic rings. The highest BCUT2D eigenvalue weighted by Crippen LogP contribution is 1.89. The summed E-state index contributed by atoms with van der Waals surface area (Å²) in [6.07, 6.45) is 1.50. The standard InChI is InChI=1S/C9H20N2O3/c1-2-3-4-14-7-8(12)5-11-6-9(10)13/h8,11-12H,2-7H2,1H3,(H2,10,13). The van der Waals surface area contributed by atoms with E-state index in [0.29, 0.717) is 19.8 Å². The number of hydrogen-bond donors (Lipinski definition) is 3. The van der Waals surface area contributed by atoms with Gasteiger partial charge >= 0.3 is 0 Å². The fraction of sp³-hybridized carbons (Fsp3) is 0.889. The Morgan fingerprint density at radius 2 is 2.36 bits per heavy atom. The molecule has 0 aliphatic rings. The molecule has 1 unspecified atom stereocenters. The lowest BCUT2D eigenvalue weighted by molar-refractivity contribution is -0.117. The number of carbonyl (C=O) groups excluding carboxylic acids is 1. The molecule has 0 radical (unpaired) electrons. The van der Waals surface area contributed by atoms with Gasteiger partial charge in [-0.1, -0.05) is 13.3 Å². The van der Waals surface area contributed by atoms with E-state index in [1.807, 2.05) is 0 Å². The van der Waals surface area contributed by atoms with E-state index in [1.165, 1.54) is 0 Å². The number of aliphatic hydroxyl groups excluding tert-OH is 1. The summed E-state index contributed by atoms with van der Waals surface area (Å²) in [6, 6.07) is 0. The minimum Gasteiger partial charge on any atom is -0.389 e. The molecule has 0 bridgehead atoms. The molecule has 0 spiro atoms. The van der Waals surface area contributed by atoms with Gasteiger partial charge in [-0.3, -0.25) is 4.79 Å². The van der Waals surface area contributed by atoms with Gasteiger partial charge < -0.3 is 20.9 Å². The third-order valence-electron chi connectivity index (χ3n) is 1.63. The van der Waals surface area contributed by atoms with Crippen LogP contribution in [0.1, 0.15) is 19.8 Å². The number of unbranched alkanes of at least 4 members (excludes halogenated alkanes) is 1. The summed E-state index contributed by atoms with van der Waals surface area (Å²) in [4.78, 5) is 10.3. The Morgan fingerprint density at radius 1 is 1.64 bits per heavy atom. The highest BCUT2D eigenvalue weighted by molar-refractivity contribution is 5.75. The average molecular weight is 204 g/mol. The summed E-state index contributed by atoms with van der Waals surface area (Å²) in [5, 5.41) is 12.0. The van der Waals surface area contributed by atoms with Crippen molar-refractivity contribution < 1.29 is 14.6 Å². The molecule has 4 N–H and O–H groups in total. The summed E-state index contributed by atoms with van der Waals surface area (Å²) in [7, 11) is 0. The van der Waals surface area contributed by atoms with E-state index in [2.05, 4.69) is 12.2 Å². The van der Waals surface area contributed by atoms with Crippen molar-refractivity contribution in [1.82, 2.24) is 5.32 Å². The summed E-state index contributed by atoms with van der Waals surface area (Å²) < 4.78 is 5.19. The van der Waals surface area contributed by atoms with Crippen molar-refractivity contribution in [3.05, 3.63) is 0 Å². The first-order valence-corrected chi connectivity index (χ1v) is 4.91. The number of amides is 1. The van der Waals surface area contributed by atoms with E-state index in [1.54, 1.807) is 0 Å². The molecule has 84 valence electrons. The molecule has 0 aromatic heterocycles. The Balaban J connectivity index is 3.19. The van der Waals surface area contributed by atoms with Crippen LogP contribution in [0.15, 0.2) is 0 Å². The Morgan fingerprint density at radius 3 is 2.93 bits per heavy atom. The van der Waals surface area contributed by atoms with Gasteiger partial charge in [0, 0.05) is 13.2 Å². The molecular formula is C9H20N2O3. The van der Waals surface area contributed by atoms with Gasteiger partial charge in [-0.15, -0.1) is 0 Å². The first kappa shape index (κ1) is 13.4. The minimum atomic E-state index is -0.578. The molecule has 0 aliphatic heterocycles. The molecule has 0 heterocycles.